The van der Waals surface area contributed by atoms with Gasteiger partial charge in [-0.25, -0.2) is 4.79 Å². The average molecular weight is 287 g/mol. The highest BCUT2D eigenvalue weighted by atomic mass is 35.5. The van der Waals surface area contributed by atoms with E-state index in [0.29, 0.717) is 27.5 Å². The molecule has 0 saturated heterocycles. The van der Waals surface area contributed by atoms with E-state index in [2.05, 4.69) is 11.4 Å². The number of nitrogens with zero attached hydrogens (tertiary/aromatic N) is 1. The largest absolute Gasteiger partial charge is 0.478 e. The summed E-state index contributed by atoms with van der Waals surface area (Å²) >= 11 is 5.84. The second-order valence-electron chi connectivity index (χ2n) is 4.26. The van der Waals surface area contributed by atoms with E-state index in [1.54, 1.807) is 37.3 Å². The van der Waals surface area contributed by atoms with E-state index >= 15 is 0 Å². The molecule has 0 aliphatic heterocycles. The van der Waals surface area contributed by atoms with Crippen LogP contribution < -0.4 is 5.32 Å². The lowest BCUT2D eigenvalue weighted by Crippen LogP contribution is -2.01. The molecule has 0 heterocycles. The number of anilines is 2. The third kappa shape index (κ3) is 2.90. The van der Waals surface area contributed by atoms with Gasteiger partial charge < -0.3 is 10.4 Å². The number of aromatic carboxylic acids is 1. The third-order valence-corrected chi connectivity index (χ3v) is 3.07. The molecule has 0 amide bonds. The lowest BCUT2D eigenvalue weighted by molar-refractivity contribution is 0.0696. The Labute approximate surface area is 121 Å². The van der Waals surface area contributed by atoms with Crippen molar-refractivity contribution in [2.24, 2.45) is 0 Å². The molecular weight excluding hydrogens is 276 g/mol. The Bertz CT molecular complexity index is 720. The van der Waals surface area contributed by atoms with E-state index in [-0.39, 0.29) is 5.56 Å². The highest BCUT2D eigenvalue weighted by Crippen LogP contribution is 2.25. The van der Waals surface area contributed by atoms with Crippen LogP contribution in [-0.4, -0.2) is 11.1 Å². The lowest BCUT2D eigenvalue weighted by Gasteiger charge is -2.10. The molecule has 0 radical (unpaired) electrons. The molecule has 4 nitrogen and oxygen atoms in total. The van der Waals surface area contributed by atoms with Gasteiger partial charge in [0.25, 0.3) is 0 Å². The summed E-state index contributed by atoms with van der Waals surface area (Å²) in [6.45, 7) is 1.72. The van der Waals surface area contributed by atoms with Gasteiger partial charge in [-0.15, -0.1) is 0 Å². The quantitative estimate of drug-likeness (QED) is 0.895. The number of hydrogen-bond acceptors (Lipinski definition) is 3. The minimum atomic E-state index is -0.960. The average Bonchev–Trinajstić information content (AvgIpc) is 2.40. The molecule has 2 aromatic carbocycles. The lowest BCUT2D eigenvalue weighted by atomic mass is 10.1. The topological polar surface area (TPSA) is 73.1 Å². The number of halogens is 1. The molecule has 0 unspecified atom stereocenters. The van der Waals surface area contributed by atoms with Gasteiger partial charge in [-0.05, 0) is 48.9 Å². The van der Waals surface area contributed by atoms with Gasteiger partial charge in [-0.1, -0.05) is 11.6 Å². The Morgan fingerprint density at radius 2 is 2.05 bits per heavy atom. The fraction of sp³-hybridized carbons (Fsp3) is 0.0667. The van der Waals surface area contributed by atoms with E-state index in [1.165, 1.54) is 6.07 Å². The molecule has 20 heavy (non-hydrogen) atoms. The highest BCUT2D eigenvalue weighted by Gasteiger charge is 2.08. The molecular formula is C15H11ClN2O2. The summed E-state index contributed by atoms with van der Waals surface area (Å²) in [5, 5.41) is 21.6. The molecule has 0 aromatic heterocycles. The number of carboxylic acid groups (broad SMARTS) is 1. The Hall–Kier alpha value is -2.51. The van der Waals surface area contributed by atoms with E-state index in [4.69, 9.17) is 22.0 Å². The SMILES string of the molecule is Cc1cc(Nc2ccc(Cl)cc2C#N)ccc1C(=O)O. The first kappa shape index (κ1) is 13.9. The van der Waals surface area contributed by atoms with E-state index in [0.717, 1.165) is 0 Å². The Balaban J connectivity index is 2.34. The third-order valence-electron chi connectivity index (χ3n) is 2.84. The zero-order valence-corrected chi connectivity index (χ0v) is 11.4. The van der Waals surface area contributed by atoms with Gasteiger partial charge in [0.1, 0.15) is 6.07 Å². The van der Waals surface area contributed by atoms with Crippen LogP contribution in [0.1, 0.15) is 21.5 Å². The van der Waals surface area contributed by atoms with Crippen molar-refractivity contribution in [3.63, 3.8) is 0 Å². The van der Waals surface area contributed by atoms with Gasteiger partial charge in [0.05, 0.1) is 16.8 Å². The highest BCUT2D eigenvalue weighted by molar-refractivity contribution is 6.30. The second kappa shape index (κ2) is 5.64. The van der Waals surface area contributed by atoms with Crippen LogP contribution in [0.5, 0.6) is 0 Å². The number of carboxylic acids is 1. The van der Waals surface area contributed by atoms with Crippen molar-refractivity contribution >= 4 is 28.9 Å². The van der Waals surface area contributed by atoms with Crippen molar-refractivity contribution in [1.29, 1.82) is 5.26 Å². The van der Waals surface area contributed by atoms with Gasteiger partial charge in [0.2, 0.25) is 0 Å². The molecule has 0 fully saturated rings. The number of nitrogens with one attached hydrogen (secondary N) is 1. The molecule has 2 rings (SSSR count). The van der Waals surface area contributed by atoms with Crippen LogP contribution in [0, 0.1) is 18.3 Å². The fourth-order valence-electron chi connectivity index (χ4n) is 1.85. The van der Waals surface area contributed by atoms with Crippen LogP contribution in [0.3, 0.4) is 0 Å². The Morgan fingerprint density at radius 1 is 1.30 bits per heavy atom. The fourth-order valence-corrected chi connectivity index (χ4v) is 2.03. The Morgan fingerprint density at radius 3 is 2.65 bits per heavy atom. The summed E-state index contributed by atoms with van der Waals surface area (Å²) in [6, 6.07) is 11.9. The molecule has 0 bridgehead atoms. The van der Waals surface area contributed by atoms with Crippen molar-refractivity contribution in [2.75, 3.05) is 5.32 Å². The van der Waals surface area contributed by atoms with Gasteiger partial charge in [-0.2, -0.15) is 5.26 Å². The van der Waals surface area contributed by atoms with Crippen molar-refractivity contribution in [2.45, 2.75) is 6.92 Å². The van der Waals surface area contributed by atoms with Gasteiger partial charge in [0.15, 0.2) is 0 Å². The Kier molecular flexibility index (Phi) is 3.92. The number of carbonyl (C=O) groups is 1. The van der Waals surface area contributed by atoms with Crippen molar-refractivity contribution < 1.29 is 9.90 Å². The summed E-state index contributed by atoms with van der Waals surface area (Å²) in [6.07, 6.45) is 0. The van der Waals surface area contributed by atoms with Crippen molar-refractivity contribution in [3.8, 4) is 6.07 Å². The molecule has 0 atom stereocenters. The predicted octanol–water partition coefficient (Wildman–Crippen LogP) is 3.96. The van der Waals surface area contributed by atoms with Gasteiger partial charge >= 0.3 is 5.97 Å². The monoisotopic (exact) mass is 286 g/mol. The van der Waals surface area contributed by atoms with E-state index in [9.17, 15) is 4.79 Å². The normalized spacial score (nSPS) is 9.85. The maximum atomic E-state index is 11.0. The summed E-state index contributed by atoms with van der Waals surface area (Å²) < 4.78 is 0. The standard InChI is InChI=1S/C15H11ClN2O2/c1-9-6-12(3-4-13(9)15(19)20)18-14-5-2-11(16)7-10(14)8-17/h2-7,18H,1H3,(H,19,20). The van der Waals surface area contributed by atoms with Crippen molar-refractivity contribution in [3.05, 3.63) is 58.1 Å². The molecule has 100 valence electrons. The number of aryl methyl sites for hydroxylation is 1. The zero-order valence-electron chi connectivity index (χ0n) is 10.6. The molecule has 0 aliphatic rings. The molecule has 0 spiro atoms. The van der Waals surface area contributed by atoms with E-state index in [1.807, 2.05) is 0 Å². The predicted molar refractivity (Wildman–Crippen MR) is 77.6 cm³/mol. The maximum absolute atomic E-state index is 11.0. The van der Waals surface area contributed by atoms with Crippen LogP contribution in [-0.2, 0) is 0 Å². The first-order valence-electron chi connectivity index (χ1n) is 5.82. The second-order valence-corrected chi connectivity index (χ2v) is 4.70. The van der Waals surface area contributed by atoms with E-state index < -0.39 is 5.97 Å². The summed E-state index contributed by atoms with van der Waals surface area (Å²) in [5.41, 5.74) is 2.67. The van der Waals surface area contributed by atoms with Crippen molar-refractivity contribution in [1.82, 2.24) is 0 Å². The molecule has 2 N–H and O–H groups in total. The number of nitriles is 1. The maximum Gasteiger partial charge on any atom is 0.335 e. The van der Waals surface area contributed by atoms with Crippen LogP contribution in [0.15, 0.2) is 36.4 Å². The number of hydrogen-bond donors (Lipinski definition) is 2. The van der Waals surface area contributed by atoms with Crippen LogP contribution in [0.25, 0.3) is 0 Å². The minimum absolute atomic E-state index is 0.257. The molecule has 0 aliphatic carbocycles. The van der Waals surface area contributed by atoms with Crippen LogP contribution in [0.4, 0.5) is 11.4 Å². The first-order valence-corrected chi connectivity index (χ1v) is 6.19. The zero-order chi connectivity index (χ0) is 14.7. The van der Waals surface area contributed by atoms with Crippen LogP contribution >= 0.6 is 11.6 Å². The van der Waals surface area contributed by atoms with Crippen LogP contribution in [0.2, 0.25) is 5.02 Å². The first-order chi connectivity index (χ1) is 9.51. The number of benzene rings is 2. The van der Waals surface area contributed by atoms with Gasteiger partial charge in [0, 0.05) is 10.7 Å². The summed E-state index contributed by atoms with van der Waals surface area (Å²) in [5.74, 6) is -0.960. The minimum Gasteiger partial charge on any atom is -0.478 e. The smallest absolute Gasteiger partial charge is 0.335 e. The number of rotatable bonds is 3. The van der Waals surface area contributed by atoms with Gasteiger partial charge in [-0.3, -0.25) is 0 Å². The molecule has 0 saturated carbocycles. The molecule has 2 aromatic rings. The summed E-state index contributed by atoms with van der Waals surface area (Å²) in [7, 11) is 0. The molecule has 5 heteroatoms. The summed E-state index contributed by atoms with van der Waals surface area (Å²) in [4.78, 5) is 11.0.